The van der Waals surface area contributed by atoms with Crippen LogP contribution in [0.1, 0.15) is 25.3 Å². The lowest BCUT2D eigenvalue weighted by atomic mass is 10.0. The average Bonchev–Trinajstić information content (AvgIpc) is 2.59. The standard InChI is InChI=1S/C12H15FN2S/c1-7(2)9-5-8(13)6-10-11(9)14-12(16-10)15(3)4/h5-7H,1-4H3. The van der Waals surface area contributed by atoms with Crippen LogP contribution in [0.25, 0.3) is 10.2 Å². The van der Waals surface area contributed by atoms with Crippen molar-refractivity contribution < 1.29 is 4.39 Å². The molecule has 0 N–H and O–H groups in total. The van der Waals surface area contributed by atoms with Gasteiger partial charge in [-0.2, -0.15) is 0 Å². The number of anilines is 1. The summed E-state index contributed by atoms with van der Waals surface area (Å²) in [5.41, 5.74) is 1.92. The van der Waals surface area contributed by atoms with E-state index >= 15 is 0 Å². The second kappa shape index (κ2) is 4.01. The smallest absolute Gasteiger partial charge is 0.185 e. The van der Waals surface area contributed by atoms with Gasteiger partial charge in [0.1, 0.15) is 5.82 Å². The maximum atomic E-state index is 13.4. The van der Waals surface area contributed by atoms with Gasteiger partial charge in [-0.25, -0.2) is 9.37 Å². The summed E-state index contributed by atoms with van der Waals surface area (Å²) in [5, 5.41) is 0.919. The van der Waals surface area contributed by atoms with Crippen LogP contribution < -0.4 is 4.90 Å². The van der Waals surface area contributed by atoms with Gasteiger partial charge in [0.15, 0.2) is 5.13 Å². The number of hydrogen-bond donors (Lipinski definition) is 0. The van der Waals surface area contributed by atoms with Gasteiger partial charge in [0, 0.05) is 14.1 Å². The number of benzene rings is 1. The van der Waals surface area contributed by atoms with Crippen molar-refractivity contribution in [3.05, 3.63) is 23.5 Å². The van der Waals surface area contributed by atoms with Crippen LogP contribution in [0.15, 0.2) is 12.1 Å². The summed E-state index contributed by atoms with van der Waals surface area (Å²) in [4.78, 5) is 6.50. The van der Waals surface area contributed by atoms with Gasteiger partial charge < -0.3 is 4.90 Å². The Kier molecular flexibility index (Phi) is 2.84. The van der Waals surface area contributed by atoms with Crippen molar-refractivity contribution in [3.8, 4) is 0 Å². The molecule has 0 fully saturated rings. The first-order valence-corrected chi connectivity index (χ1v) is 6.08. The summed E-state index contributed by atoms with van der Waals surface area (Å²) in [6, 6.07) is 3.15. The molecule has 0 saturated heterocycles. The summed E-state index contributed by atoms with van der Waals surface area (Å²) < 4.78 is 14.4. The number of thiazole rings is 1. The third-order valence-electron chi connectivity index (χ3n) is 2.48. The molecule has 1 aromatic carbocycles. The van der Waals surface area contributed by atoms with Gasteiger partial charge in [-0.05, 0) is 23.6 Å². The highest BCUT2D eigenvalue weighted by Crippen LogP contribution is 2.33. The molecule has 0 bridgehead atoms. The molecule has 1 heterocycles. The molecule has 2 rings (SSSR count). The van der Waals surface area contributed by atoms with Gasteiger partial charge in [0.2, 0.25) is 0 Å². The fraction of sp³-hybridized carbons (Fsp3) is 0.417. The molecule has 4 heteroatoms. The van der Waals surface area contributed by atoms with Crippen molar-refractivity contribution in [3.63, 3.8) is 0 Å². The van der Waals surface area contributed by atoms with Crippen LogP contribution in [0, 0.1) is 5.82 Å². The zero-order valence-electron chi connectivity index (χ0n) is 9.91. The van der Waals surface area contributed by atoms with Gasteiger partial charge in [-0.1, -0.05) is 25.2 Å². The Morgan fingerprint density at radius 1 is 1.31 bits per heavy atom. The molecule has 2 nitrogen and oxygen atoms in total. The van der Waals surface area contributed by atoms with Crippen LogP contribution in [-0.2, 0) is 0 Å². The van der Waals surface area contributed by atoms with Gasteiger partial charge in [-0.3, -0.25) is 0 Å². The Morgan fingerprint density at radius 2 is 2.00 bits per heavy atom. The molecule has 1 aromatic heterocycles. The molecule has 0 amide bonds. The van der Waals surface area contributed by atoms with Crippen LogP contribution in [0.4, 0.5) is 9.52 Å². The number of halogens is 1. The second-order valence-electron chi connectivity index (χ2n) is 4.39. The molecule has 0 spiro atoms. The maximum absolute atomic E-state index is 13.4. The normalized spacial score (nSPS) is 11.4. The van der Waals surface area contributed by atoms with Crippen molar-refractivity contribution in [1.82, 2.24) is 4.98 Å². The van der Waals surface area contributed by atoms with E-state index in [0.29, 0.717) is 0 Å². The zero-order valence-corrected chi connectivity index (χ0v) is 10.7. The highest BCUT2D eigenvalue weighted by molar-refractivity contribution is 7.22. The van der Waals surface area contributed by atoms with Crippen LogP contribution in [-0.4, -0.2) is 19.1 Å². The van der Waals surface area contributed by atoms with E-state index in [1.165, 1.54) is 11.3 Å². The molecule has 2 aromatic rings. The SMILES string of the molecule is CC(C)c1cc(F)cc2sc(N(C)C)nc12. The molecular weight excluding hydrogens is 223 g/mol. The third kappa shape index (κ3) is 1.89. The maximum Gasteiger partial charge on any atom is 0.185 e. The van der Waals surface area contributed by atoms with Crippen molar-refractivity contribution >= 4 is 26.7 Å². The van der Waals surface area contributed by atoms with Crippen molar-refractivity contribution in [2.45, 2.75) is 19.8 Å². The van der Waals surface area contributed by atoms with E-state index in [2.05, 4.69) is 18.8 Å². The van der Waals surface area contributed by atoms with Gasteiger partial charge in [0.05, 0.1) is 10.2 Å². The van der Waals surface area contributed by atoms with E-state index in [0.717, 1.165) is 20.9 Å². The molecule has 0 radical (unpaired) electrons. The number of aromatic nitrogens is 1. The van der Waals surface area contributed by atoms with Crippen LogP contribution >= 0.6 is 11.3 Å². The van der Waals surface area contributed by atoms with E-state index < -0.39 is 0 Å². The molecule has 0 aliphatic heterocycles. The molecule has 0 saturated carbocycles. The van der Waals surface area contributed by atoms with Crippen LogP contribution in [0.5, 0.6) is 0 Å². The molecule has 0 aliphatic carbocycles. The Bertz CT molecular complexity index is 517. The number of fused-ring (bicyclic) bond motifs is 1. The Hall–Kier alpha value is -1.16. The fourth-order valence-electron chi connectivity index (χ4n) is 1.64. The summed E-state index contributed by atoms with van der Waals surface area (Å²) in [5.74, 6) is 0.112. The molecular formula is C12H15FN2S. The summed E-state index contributed by atoms with van der Waals surface area (Å²) in [6.07, 6.45) is 0. The molecule has 86 valence electrons. The number of rotatable bonds is 2. The summed E-state index contributed by atoms with van der Waals surface area (Å²) >= 11 is 1.53. The molecule has 0 unspecified atom stereocenters. The lowest BCUT2D eigenvalue weighted by Gasteiger charge is -2.06. The quantitative estimate of drug-likeness (QED) is 0.794. The van der Waals surface area contributed by atoms with Gasteiger partial charge in [-0.15, -0.1) is 0 Å². The topological polar surface area (TPSA) is 16.1 Å². The average molecular weight is 238 g/mol. The van der Waals surface area contributed by atoms with E-state index in [4.69, 9.17) is 0 Å². The first kappa shape index (κ1) is 11.3. The van der Waals surface area contributed by atoms with Crippen molar-refractivity contribution in [1.29, 1.82) is 0 Å². The van der Waals surface area contributed by atoms with E-state index in [-0.39, 0.29) is 11.7 Å². The summed E-state index contributed by atoms with van der Waals surface area (Å²) in [6.45, 7) is 4.12. The Balaban J connectivity index is 2.70. The molecule has 0 atom stereocenters. The third-order valence-corrected chi connectivity index (χ3v) is 3.65. The van der Waals surface area contributed by atoms with Crippen LogP contribution in [0.2, 0.25) is 0 Å². The van der Waals surface area contributed by atoms with Gasteiger partial charge >= 0.3 is 0 Å². The summed E-state index contributed by atoms with van der Waals surface area (Å²) in [7, 11) is 3.90. The monoisotopic (exact) mass is 238 g/mol. The van der Waals surface area contributed by atoms with Crippen molar-refractivity contribution in [2.24, 2.45) is 0 Å². The predicted molar refractivity (Wildman–Crippen MR) is 68.0 cm³/mol. The minimum absolute atomic E-state index is 0.176. The Morgan fingerprint density at radius 3 is 2.56 bits per heavy atom. The van der Waals surface area contributed by atoms with E-state index in [1.54, 1.807) is 12.1 Å². The zero-order chi connectivity index (χ0) is 11.9. The lowest BCUT2D eigenvalue weighted by Crippen LogP contribution is -2.07. The highest BCUT2D eigenvalue weighted by atomic mass is 32.1. The molecule has 0 aliphatic rings. The highest BCUT2D eigenvalue weighted by Gasteiger charge is 2.13. The Labute approximate surface area is 98.7 Å². The lowest BCUT2D eigenvalue weighted by molar-refractivity contribution is 0.626. The minimum atomic E-state index is -0.176. The second-order valence-corrected chi connectivity index (χ2v) is 5.40. The first-order chi connectivity index (χ1) is 7.49. The van der Waals surface area contributed by atoms with E-state index in [9.17, 15) is 4.39 Å². The minimum Gasteiger partial charge on any atom is -0.354 e. The predicted octanol–water partition coefficient (Wildman–Crippen LogP) is 3.62. The van der Waals surface area contributed by atoms with Gasteiger partial charge in [0.25, 0.3) is 0 Å². The fourth-order valence-corrected chi connectivity index (χ4v) is 2.59. The molecule has 16 heavy (non-hydrogen) atoms. The van der Waals surface area contributed by atoms with Crippen molar-refractivity contribution in [2.75, 3.05) is 19.0 Å². The number of hydrogen-bond acceptors (Lipinski definition) is 3. The largest absolute Gasteiger partial charge is 0.354 e. The number of nitrogens with zero attached hydrogens (tertiary/aromatic N) is 2. The van der Waals surface area contributed by atoms with E-state index in [1.807, 2.05) is 19.0 Å². The van der Waals surface area contributed by atoms with Crippen LogP contribution in [0.3, 0.4) is 0 Å². The first-order valence-electron chi connectivity index (χ1n) is 5.26.